The summed E-state index contributed by atoms with van der Waals surface area (Å²) >= 11 is 0. The van der Waals surface area contributed by atoms with Crippen molar-refractivity contribution >= 4 is 17.2 Å². The number of rotatable bonds is 4. The van der Waals surface area contributed by atoms with Crippen LogP contribution in [-0.4, -0.2) is 38.2 Å². The number of nitrogens with one attached hydrogen (secondary N) is 2. The zero-order valence-electron chi connectivity index (χ0n) is 20.7. The van der Waals surface area contributed by atoms with E-state index >= 15 is 0 Å². The highest BCUT2D eigenvalue weighted by molar-refractivity contribution is 6.03. The van der Waals surface area contributed by atoms with Gasteiger partial charge in [0.15, 0.2) is 5.82 Å². The van der Waals surface area contributed by atoms with Crippen LogP contribution in [-0.2, 0) is 15.1 Å². The monoisotopic (exact) mass is 473 g/mol. The maximum atomic E-state index is 12.9. The Morgan fingerprint density at radius 3 is 2.77 bits per heavy atom. The Morgan fingerprint density at radius 2 is 2.06 bits per heavy atom. The summed E-state index contributed by atoms with van der Waals surface area (Å²) in [6.07, 6.45) is 9.31. The number of aromatic amines is 1. The van der Waals surface area contributed by atoms with E-state index in [9.17, 15) is 4.79 Å². The second kappa shape index (κ2) is 7.25. The minimum Gasteiger partial charge on any atom is -0.366 e. The third-order valence-corrected chi connectivity index (χ3v) is 8.28. The van der Waals surface area contributed by atoms with Crippen LogP contribution in [0.2, 0.25) is 0 Å². The minimum atomic E-state index is -0.438. The molecule has 182 valence electrons. The van der Waals surface area contributed by atoms with Gasteiger partial charge in [-0.05, 0) is 69.1 Å². The number of carbonyl (C=O) groups is 1. The fourth-order valence-electron chi connectivity index (χ4n) is 6.26. The molecule has 0 radical (unpaired) electrons. The van der Waals surface area contributed by atoms with Crippen LogP contribution >= 0.6 is 0 Å². The number of fused-ring (bicyclic) bond motifs is 4. The summed E-state index contributed by atoms with van der Waals surface area (Å²) < 4.78 is 12.8. The molecule has 2 bridgehead atoms. The standard InChI is InChI=1S/C27H31N5O3/c1-24(2)9-7-16(8-10-24)20-18(31-22(33)21-29-14-17(13-28)30-21)5-6-19(32-20)27-15-25(3)11-12-26(4,35-25)23(27)34-27/h5-7,14,23H,8-12,15H2,1-4H3,(H,29,30)(H,31,33). The second-order valence-corrected chi connectivity index (χ2v) is 11.8. The van der Waals surface area contributed by atoms with E-state index < -0.39 is 11.5 Å². The molecular weight excluding hydrogens is 442 g/mol. The van der Waals surface area contributed by atoms with Gasteiger partial charge in [-0.25, -0.2) is 9.97 Å². The number of carbonyl (C=O) groups excluding carboxylic acids is 1. The second-order valence-electron chi connectivity index (χ2n) is 11.8. The summed E-state index contributed by atoms with van der Waals surface area (Å²) in [6.45, 7) is 8.89. The first-order chi connectivity index (χ1) is 16.5. The van der Waals surface area contributed by atoms with Crippen LogP contribution in [0.4, 0.5) is 5.69 Å². The highest BCUT2D eigenvalue weighted by Crippen LogP contribution is 2.66. The molecule has 4 atom stereocenters. The molecule has 35 heavy (non-hydrogen) atoms. The Morgan fingerprint density at radius 1 is 1.23 bits per heavy atom. The van der Waals surface area contributed by atoms with E-state index in [2.05, 4.69) is 49.1 Å². The maximum absolute atomic E-state index is 12.9. The smallest absolute Gasteiger partial charge is 0.291 e. The van der Waals surface area contributed by atoms with E-state index in [1.807, 2.05) is 18.2 Å². The summed E-state index contributed by atoms with van der Waals surface area (Å²) in [4.78, 5) is 24.8. The van der Waals surface area contributed by atoms with Gasteiger partial charge in [0.25, 0.3) is 5.91 Å². The lowest BCUT2D eigenvalue weighted by molar-refractivity contribution is -0.118. The molecule has 3 saturated heterocycles. The summed E-state index contributed by atoms with van der Waals surface area (Å²) in [5.41, 5.74) is 3.04. The average Bonchev–Trinajstić information content (AvgIpc) is 3.24. The molecule has 0 saturated carbocycles. The van der Waals surface area contributed by atoms with Crippen molar-refractivity contribution in [2.45, 2.75) is 89.1 Å². The van der Waals surface area contributed by atoms with Gasteiger partial charge in [0.2, 0.25) is 0 Å². The highest BCUT2D eigenvalue weighted by Gasteiger charge is 2.75. The number of hydrogen-bond acceptors (Lipinski definition) is 6. The lowest BCUT2D eigenvalue weighted by Crippen LogP contribution is -2.46. The Kier molecular flexibility index (Phi) is 4.65. The van der Waals surface area contributed by atoms with Gasteiger partial charge in [0, 0.05) is 6.42 Å². The lowest BCUT2D eigenvalue weighted by Gasteiger charge is -2.37. The van der Waals surface area contributed by atoms with Crippen LogP contribution in [0, 0.1) is 16.7 Å². The van der Waals surface area contributed by atoms with Crippen LogP contribution in [0.1, 0.15) is 93.9 Å². The molecule has 1 aliphatic carbocycles. The van der Waals surface area contributed by atoms with Crippen LogP contribution in [0.15, 0.2) is 24.4 Å². The first-order valence-electron chi connectivity index (χ1n) is 12.4. The molecule has 1 amide bonds. The Balaban J connectivity index is 1.37. The number of nitrogens with zero attached hydrogens (tertiary/aromatic N) is 3. The van der Waals surface area contributed by atoms with Gasteiger partial charge in [0.05, 0.1) is 34.5 Å². The number of H-pyrrole nitrogens is 1. The number of pyridine rings is 1. The predicted octanol–water partition coefficient (Wildman–Crippen LogP) is 4.85. The van der Waals surface area contributed by atoms with E-state index in [0.717, 1.165) is 55.5 Å². The van der Waals surface area contributed by atoms with Gasteiger partial charge < -0.3 is 19.8 Å². The molecule has 8 nitrogen and oxygen atoms in total. The third-order valence-electron chi connectivity index (χ3n) is 8.28. The summed E-state index contributed by atoms with van der Waals surface area (Å²) in [5, 5.41) is 12.0. The number of hydrogen-bond donors (Lipinski definition) is 2. The molecule has 2 N–H and O–H groups in total. The first-order valence-corrected chi connectivity index (χ1v) is 12.4. The molecule has 3 aliphatic heterocycles. The topological polar surface area (TPSA) is 116 Å². The third kappa shape index (κ3) is 3.60. The molecular formula is C27H31N5O3. The van der Waals surface area contributed by atoms with E-state index in [1.165, 1.54) is 6.20 Å². The van der Waals surface area contributed by atoms with Crippen molar-refractivity contribution in [3.8, 4) is 6.07 Å². The van der Waals surface area contributed by atoms with Gasteiger partial charge in [-0.1, -0.05) is 19.9 Å². The fraction of sp³-hybridized carbons (Fsp3) is 0.556. The number of amides is 1. The van der Waals surface area contributed by atoms with Gasteiger partial charge in [-0.2, -0.15) is 5.26 Å². The zero-order valence-corrected chi connectivity index (χ0v) is 20.7. The van der Waals surface area contributed by atoms with E-state index in [1.54, 1.807) is 0 Å². The van der Waals surface area contributed by atoms with E-state index in [0.29, 0.717) is 5.69 Å². The van der Waals surface area contributed by atoms with Crippen molar-refractivity contribution < 1.29 is 14.3 Å². The minimum absolute atomic E-state index is 0.00171. The average molecular weight is 474 g/mol. The molecule has 4 unspecified atom stereocenters. The van der Waals surface area contributed by atoms with Gasteiger partial charge in [0.1, 0.15) is 23.5 Å². The maximum Gasteiger partial charge on any atom is 0.291 e. The van der Waals surface area contributed by atoms with Crippen molar-refractivity contribution in [3.05, 3.63) is 47.3 Å². The Hall–Kier alpha value is -3.02. The summed E-state index contributed by atoms with van der Waals surface area (Å²) in [7, 11) is 0. The zero-order chi connectivity index (χ0) is 24.6. The number of aromatic nitrogens is 3. The van der Waals surface area contributed by atoms with Crippen LogP contribution in [0.3, 0.4) is 0 Å². The number of ether oxygens (including phenoxy) is 2. The number of nitriles is 1. The summed E-state index contributed by atoms with van der Waals surface area (Å²) in [6, 6.07) is 5.87. The molecule has 6 rings (SSSR count). The molecule has 0 spiro atoms. The fourth-order valence-corrected chi connectivity index (χ4v) is 6.26. The van der Waals surface area contributed by atoms with Crippen molar-refractivity contribution in [3.63, 3.8) is 0 Å². The molecule has 3 fully saturated rings. The predicted molar refractivity (Wildman–Crippen MR) is 129 cm³/mol. The van der Waals surface area contributed by atoms with Crippen molar-refractivity contribution in [2.75, 3.05) is 5.32 Å². The molecule has 2 aromatic rings. The number of imidazole rings is 1. The molecule has 8 heteroatoms. The highest BCUT2D eigenvalue weighted by atomic mass is 16.7. The molecule has 0 aromatic carbocycles. The van der Waals surface area contributed by atoms with Crippen LogP contribution < -0.4 is 5.32 Å². The Labute approximate surface area is 205 Å². The van der Waals surface area contributed by atoms with Crippen molar-refractivity contribution in [1.29, 1.82) is 5.26 Å². The van der Waals surface area contributed by atoms with Crippen LogP contribution in [0.5, 0.6) is 0 Å². The van der Waals surface area contributed by atoms with Gasteiger partial charge in [-0.3, -0.25) is 4.79 Å². The van der Waals surface area contributed by atoms with E-state index in [-0.39, 0.29) is 34.2 Å². The largest absolute Gasteiger partial charge is 0.366 e. The van der Waals surface area contributed by atoms with Gasteiger partial charge in [-0.15, -0.1) is 0 Å². The van der Waals surface area contributed by atoms with Crippen molar-refractivity contribution in [1.82, 2.24) is 15.0 Å². The van der Waals surface area contributed by atoms with Crippen LogP contribution in [0.25, 0.3) is 5.57 Å². The molecule has 5 heterocycles. The number of epoxide rings is 1. The molecule has 4 aliphatic rings. The number of anilines is 1. The van der Waals surface area contributed by atoms with E-state index in [4.69, 9.17) is 19.7 Å². The number of allylic oxidation sites excluding steroid dienone is 2. The van der Waals surface area contributed by atoms with Crippen molar-refractivity contribution in [2.24, 2.45) is 5.41 Å². The SMILES string of the molecule is CC1(C)CC=C(c2nc(C34CC5(C)CCC(C)(O5)C3O4)ccc2NC(=O)c2ncc(C#N)[nH]2)CC1. The summed E-state index contributed by atoms with van der Waals surface area (Å²) in [5.74, 6) is -0.303. The lowest BCUT2D eigenvalue weighted by atomic mass is 9.77. The Bertz CT molecular complexity index is 1310. The first kappa shape index (κ1) is 22.4. The normalized spacial score (nSPS) is 34.5. The quantitative estimate of drug-likeness (QED) is 0.613. The van der Waals surface area contributed by atoms with Gasteiger partial charge >= 0.3 is 0 Å². The molecule has 2 aromatic heterocycles.